The summed E-state index contributed by atoms with van der Waals surface area (Å²) in [5, 5.41) is 1.07. The molecule has 3 aromatic rings. The van der Waals surface area contributed by atoms with Gasteiger partial charge in [-0.05, 0) is 23.3 Å². The van der Waals surface area contributed by atoms with Crippen LogP contribution in [0.4, 0.5) is 0 Å². The number of pyridine rings is 1. The van der Waals surface area contributed by atoms with Crippen molar-refractivity contribution >= 4 is 16.9 Å². The lowest BCUT2D eigenvalue weighted by Gasteiger charge is -2.06. The van der Waals surface area contributed by atoms with E-state index in [4.69, 9.17) is 4.74 Å². The first-order valence-corrected chi connectivity index (χ1v) is 6.76. The minimum absolute atomic E-state index is 0.312. The first kappa shape index (κ1) is 13.4. The van der Waals surface area contributed by atoms with Crippen molar-refractivity contribution in [3.05, 3.63) is 65.6 Å². The first-order valence-electron chi connectivity index (χ1n) is 6.76. The molecule has 0 spiro atoms. The van der Waals surface area contributed by atoms with Crippen molar-refractivity contribution in [1.82, 2.24) is 9.55 Å². The predicted octanol–water partition coefficient (Wildman–Crippen LogP) is 2.95. The molecule has 2 aromatic heterocycles. The van der Waals surface area contributed by atoms with Crippen LogP contribution in [0.1, 0.15) is 21.6 Å². The molecule has 0 aliphatic heterocycles. The average Bonchev–Trinajstić information content (AvgIpc) is 2.81. The van der Waals surface area contributed by atoms with Crippen LogP contribution in [0.3, 0.4) is 0 Å². The van der Waals surface area contributed by atoms with E-state index in [1.54, 1.807) is 6.20 Å². The number of carbonyl (C=O) groups excluding carboxylic acids is 1. The molecular formula is C17H16N2O2. The number of methoxy groups -OCH3 is 1. The Balaban J connectivity index is 2.21. The zero-order valence-corrected chi connectivity index (χ0v) is 12.0. The SMILES string of the molecule is COC(=O)c1c(Cc2cccnc2)c2ccccc2n1C. The van der Waals surface area contributed by atoms with Crippen molar-refractivity contribution < 1.29 is 9.53 Å². The number of fused-ring (bicyclic) bond motifs is 1. The van der Waals surface area contributed by atoms with E-state index in [0.29, 0.717) is 12.1 Å². The Morgan fingerprint density at radius 2 is 2.05 bits per heavy atom. The summed E-state index contributed by atoms with van der Waals surface area (Å²) in [6, 6.07) is 11.9. The highest BCUT2D eigenvalue weighted by atomic mass is 16.5. The molecule has 4 nitrogen and oxygen atoms in total. The molecule has 0 saturated carbocycles. The molecule has 21 heavy (non-hydrogen) atoms. The molecule has 0 atom stereocenters. The monoisotopic (exact) mass is 280 g/mol. The van der Waals surface area contributed by atoms with Gasteiger partial charge >= 0.3 is 5.97 Å². The fourth-order valence-electron chi connectivity index (χ4n) is 2.71. The number of nitrogens with zero attached hydrogens (tertiary/aromatic N) is 2. The molecule has 0 unspecified atom stereocenters. The van der Waals surface area contributed by atoms with Crippen molar-refractivity contribution in [3.8, 4) is 0 Å². The van der Waals surface area contributed by atoms with Crippen LogP contribution in [0, 0.1) is 0 Å². The van der Waals surface area contributed by atoms with Gasteiger partial charge in [0.2, 0.25) is 0 Å². The van der Waals surface area contributed by atoms with Crippen LogP contribution in [0.25, 0.3) is 10.9 Å². The van der Waals surface area contributed by atoms with Crippen LogP contribution in [-0.4, -0.2) is 22.6 Å². The number of rotatable bonds is 3. The molecule has 2 heterocycles. The summed E-state index contributed by atoms with van der Waals surface area (Å²) in [6.07, 6.45) is 4.22. The average molecular weight is 280 g/mol. The van der Waals surface area contributed by atoms with E-state index in [0.717, 1.165) is 22.0 Å². The van der Waals surface area contributed by atoms with Crippen LogP contribution < -0.4 is 0 Å². The number of hydrogen-bond donors (Lipinski definition) is 0. The van der Waals surface area contributed by atoms with Crippen molar-refractivity contribution in [2.45, 2.75) is 6.42 Å². The molecule has 0 saturated heterocycles. The summed E-state index contributed by atoms with van der Waals surface area (Å²) in [6.45, 7) is 0. The number of ether oxygens (including phenoxy) is 1. The van der Waals surface area contributed by atoms with Crippen LogP contribution >= 0.6 is 0 Å². The van der Waals surface area contributed by atoms with Crippen LogP contribution in [0.2, 0.25) is 0 Å². The molecule has 106 valence electrons. The largest absolute Gasteiger partial charge is 0.464 e. The minimum atomic E-state index is -0.312. The fraction of sp³-hybridized carbons (Fsp3) is 0.176. The highest BCUT2D eigenvalue weighted by Gasteiger charge is 2.21. The molecule has 3 rings (SSSR count). The second-order valence-electron chi connectivity index (χ2n) is 4.93. The topological polar surface area (TPSA) is 44.1 Å². The Hall–Kier alpha value is -2.62. The van der Waals surface area contributed by atoms with E-state index in [2.05, 4.69) is 4.98 Å². The lowest BCUT2D eigenvalue weighted by Crippen LogP contribution is -2.10. The summed E-state index contributed by atoms with van der Waals surface area (Å²) in [7, 11) is 3.30. The standard InChI is InChI=1S/C17H16N2O2/c1-19-15-8-4-3-7-13(15)14(16(19)17(20)21-2)10-12-6-5-9-18-11-12/h3-9,11H,10H2,1-2H3. The zero-order chi connectivity index (χ0) is 14.8. The maximum absolute atomic E-state index is 12.2. The number of aromatic nitrogens is 2. The van der Waals surface area contributed by atoms with Gasteiger partial charge in [0, 0.05) is 36.8 Å². The van der Waals surface area contributed by atoms with Crippen LogP contribution in [-0.2, 0) is 18.2 Å². The summed E-state index contributed by atoms with van der Waals surface area (Å²) in [4.78, 5) is 16.3. The van der Waals surface area contributed by atoms with Gasteiger partial charge in [-0.25, -0.2) is 4.79 Å². The summed E-state index contributed by atoms with van der Waals surface area (Å²) in [5.41, 5.74) is 3.67. The van der Waals surface area contributed by atoms with Gasteiger partial charge in [-0.2, -0.15) is 0 Å². The highest BCUT2D eigenvalue weighted by Crippen LogP contribution is 2.28. The van der Waals surface area contributed by atoms with Crippen molar-refractivity contribution in [1.29, 1.82) is 0 Å². The van der Waals surface area contributed by atoms with Gasteiger partial charge in [0.1, 0.15) is 5.69 Å². The molecule has 0 N–H and O–H groups in total. The second kappa shape index (κ2) is 5.40. The third kappa shape index (κ3) is 2.29. The quantitative estimate of drug-likeness (QED) is 0.693. The first-order chi connectivity index (χ1) is 10.2. The van der Waals surface area contributed by atoms with E-state index >= 15 is 0 Å². The zero-order valence-electron chi connectivity index (χ0n) is 12.0. The van der Waals surface area contributed by atoms with Crippen LogP contribution in [0.15, 0.2) is 48.8 Å². The molecule has 0 bridgehead atoms. The Labute approximate surface area is 123 Å². The van der Waals surface area contributed by atoms with E-state index in [9.17, 15) is 4.79 Å². The Morgan fingerprint density at radius 1 is 1.24 bits per heavy atom. The molecule has 1 aromatic carbocycles. The Kier molecular flexibility index (Phi) is 3.44. The van der Waals surface area contributed by atoms with Gasteiger partial charge in [-0.3, -0.25) is 4.98 Å². The number of esters is 1. The van der Waals surface area contributed by atoms with Gasteiger partial charge in [0.05, 0.1) is 7.11 Å². The molecule has 0 fully saturated rings. The maximum Gasteiger partial charge on any atom is 0.354 e. The lowest BCUT2D eigenvalue weighted by atomic mass is 10.0. The van der Waals surface area contributed by atoms with Crippen molar-refractivity contribution in [3.63, 3.8) is 0 Å². The van der Waals surface area contributed by atoms with Gasteiger partial charge in [-0.1, -0.05) is 24.3 Å². The number of carbonyl (C=O) groups is 1. The smallest absolute Gasteiger partial charge is 0.354 e. The molecule has 0 aliphatic carbocycles. The van der Waals surface area contributed by atoms with Gasteiger partial charge in [-0.15, -0.1) is 0 Å². The van der Waals surface area contributed by atoms with Gasteiger partial charge in [0.15, 0.2) is 0 Å². The van der Waals surface area contributed by atoms with Gasteiger partial charge in [0.25, 0.3) is 0 Å². The summed E-state index contributed by atoms with van der Waals surface area (Å²) in [5.74, 6) is -0.312. The van der Waals surface area contributed by atoms with E-state index in [-0.39, 0.29) is 5.97 Å². The molecule has 0 radical (unpaired) electrons. The highest BCUT2D eigenvalue weighted by molar-refractivity contribution is 5.99. The van der Waals surface area contributed by atoms with E-state index in [1.165, 1.54) is 7.11 Å². The summed E-state index contributed by atoms with van der Waals surface area (Å²) >= 11 is 0. The third-order valence-corrected chi connectivity index (χ3v) is 3.69. The number of para-hydroxylation sites is 1. The third-order valence-electron chi connectivity index (χ3n) is 3.69. The normalized spacial score (nSPS) is 10.8. The molecule has 0 amide bonds. The van der Waals surface area contributed by atoms with Crippen LogP contribution in [0.5, 0.6) is 0 Å². The lowest BCUT2D eigenvalue weighted by molar-refractivity contribution is 0.0589. The summed E-state index contributed by atoms with van der Waals surface area (Å²) < 4.78 is 6.85. The maximum atomic E-state index is 12.2. The number of hydrogen-bond acceptors (Lipinski definition) is 3. The number of benzene rings is 1. The second-order valence-corrected chi connectivity index (χ2v) is 4.93. The van der Waals surface area contributed by atoms with E-state index in [1.807, 2.05) is 54.2 Å². The predicted molar refractivity (Wildman–Crippen MR) is 81.3 cm³/mol. The number of aryl methyl sites for hydroxylation is 1. The van der Waals surface area contributed by atoms with Crippen molar-refractivity contribution in [2.75, 3.05) is 7.11 Å². The Bertz CT molecular complexity index is 791. The van der Waals surface area contributed by atoms with E-state index < -0.39 is 0 Å². The minimum Gasteiger partial charge on any atom is -0.464 e. The van der Waals surface area contributed by atoms with Gasteiger partial charge < -0.3 is 9.30 Å². The molecule has 0 aliphatic rings. The Morgan fingerprint density at radius 3 is 2.76 bits per heavy atom. The molecular weight excluding hydrogens is 264 g/mol. The molecule has 4 heteroatoms. The van der Waals surface area contributed by atoms with Crippen molar-refractivity contribution in [2.24, 2.45) is 7.05 Å². The fourth-order valence-corrected chi connectivity index (χ4v) is 2.71.